The van der Waals surface area contributed by atoms with Crippen LogP contribution in [0.1, 0.15) is 19.8 Å². The summed E-state index contributed by atoms with van der Waals surface area (Å²) < 4.78 is 35.4. The Labute approximate surface area is 142 Å². The minimum absolute atomic E-state index is 0.0741. The normalized spacial score (nSPS) is 35.8. The van der Waals surface area contributed by atoms with Gasteiger partial charge in [-0.25, -0.2) is 0 Å². The molecule has 23 heavy (non-hydrogen) atoms. The molecule has 0 aromatic heterocycles. The second kappa shape index (κ2) is 6.72. The molecule has 7 heteroatoms. The van der Waals surface area contributed by atoms with Crippen LogP contribution in [-0.4, -0.2) is 54.3 Å². The summed E-state index contributed by atoms with van der Waals surface area (Å²) in [7, 11) is -4.00. The van der Waals surface area contributed by atoms with Crippen molar-refractivity contribution in [3.8, 4) is 0 Å². The third-order valence-corrected chi connectivity index (χ3v) is 6.92. The van der Waals surface area contributed by atoms with Crippen LogP contribution in [0.15, 0.2) is 35.2 Å². The first-order valence-corrected chi connectivity index (χ1v) is 10.4. The van der Waals surface area contributed by atoms with Crippen molar-refractivity contribution in [2.45, 2.75) is 35.7 Å². The summed E-state index contributed by atoms with van der Waals surface area (Å²) in [4.78, 5) is 2.51. The van der Waals surface area contributed by atoms with Gasteiger partial charge in [0.05, 0.1) is 10.5 Å². The number of ether oxygens (including phenoxy) is 1. The molecular weight excluding hydrogens is 334 g/mol. The molecule has 4 heterocycles. The van der Waals surface area contributed by atoms with Gasteiger partial charge < -0.3 is 9.64 Å². The van der Waals surface area contributed by atoms with Crippen LogP contribution >= 0.6 is 11.8 Å². The molecule has 5 nitrogen and oxygen atoms in total. The predicted octanol–water partition coefficient (Wildman–Crippen LogP) is 2.49. The minimum atomic E-state index is -4.00. The van der Waals surface area contributed by atoms with Gasteiger partial charge in [-0.2, -0.15) is 8.42 Å². The Kier molecular flexibility index (Phi) is 5.04. The van der Waals surface area contributed by atoms with Crippen LogP contribution in [0.4, 0.5) is 0 Å². The van der Waals surface area contributed by atoms with Crippen LogP contribution in [0.5, 0.6) is 0 Å². The number of piperidine rings is 3. The number of nitrogens with zero attached hydrogens (tertiary/aromatic N) is 1. The second-order valence-corrected chi connectivity index (χ2v) is 9.11. The Morgan fingerprint density at radius 3 is 2.30 bits per heavy atom. The molecular formula is C16H23NO4S2. The van der Waals surface area contributed by atoms with Crippen LogP contribution in [0, 0.1) is 5.92 Å². The molecule has 1 N–H and O–H groups in total. The van der Waals surface area contributed by atoms with Gasteiger partial charge in [-0.05, 0) is 50.9 Å². The van der Waals surface area contributed by atoms with E-state index in [1.807, 2.05) is 11.8 Å². The van der Waals surface area contributed by atoms with Crippen molar-refractivity contribution < 1.29 is 17.7 Å². The highest BCUT2D eigenvalue weighted by atomic mass is 32.2. The van der Waals surface area contributed by atoms with Gasteiger partial charge in [-0.1, -0.05) is 18.2 Å². The lowest BCUT2D eigenvalue weighted by Crippen LogP contribution is -2.60. The van der Waals surface area contributed by atoms with Gasteiger partial charge in [-0.15, -0.1) is 11.8 Å². The molecule has 4 aliphatic heterocycles. The number of thioether (sulfide) groups is 1. The number of hydrogen-bond acceptors (Lipinski definition) is 5. The van der Waals surface area contributed by atoms with Gasteiger partial charge in [0.1, 0.15) is 5.44 Å². The van der Waals surface area contributed by atoms with Gasteiger partial charge in [0.25, 0.3) is 10.1 Å². The molecule has 2 bridgehead atoms. The third kappa shape index (κ3) is 3.91. The molecule has 0 amide bonds. The molecule has 0 saturated carbocycles. The van der Waals surface area contributed by atoms with Crippen molar-refractivity contribution in [1.29, 1.82) is 0 Å². The first-order chi connectivity index (χ1) is 10.9. The van der Waals surface area contributed by atoms with E-state index >= 15 is 0 Å². The van der Waals surface area contributed by atoms with Crippen LogP contribution < -0.4 is 0 Å². The van der Waals surface area contributed by atoms with Gasteiger partial charge in [-0.3, -0.25) is 4.55 Å². The second-order valence-electron chi connectivity index (χ2n) is 6.40. The van der Waals surface area contributed by atoms with Crippen LogP contribution in [0.2, 0.25) is 0 Å². The maximum atomic E-state index is 10.4. The lowest BCUT2D eigenvalue weighted by Gasteiger charge is -2.50. The van der Waals surface area contributed by atoms with Crippen LogP contribution in [0.25, 0.3) is 0 Å². The summed E-state index contributed by atoms with van der Waals surface area (Å²) in [6.07, 6.45) is 2.74. The number of rotatable bonds is 1. The molecule has 0 unspecified atom stereocenters. The van der Waals surface area contributed by atoms with E-state index in [1.54, 1.807) is 18.2 Å². The zero-order valence-corrected chi connectivity index (χ0v) is 14.9. The number of hydrogen-bond donors (Lipinski definition) is 1. The molecule has 1 aromatic carbocycles. The minimum Gasteiger partial charge on any atom is -0.359 e. The molecule has 2 atom stereocenters. The van der Waals surface area contributed by atoms with Crippen molar-refractivity contribution in [2.24, 2.45) is 5.92 Å². The topological polar surface area (TPSA) is 66.8 Å². The predicted molar refractivity (Wildman–Crippen MR) is 91.2 cm³/mol. The Morgan fingerprint density at radius 1 is 1.26 bits per heavy atom. The fraction of sp³-hybridized carbons (Fsp3) is 0.625. The van der Waals surface area contributed by atoms with E-state index in [-0.39, 0.29) is 10.5 Å². The van der Waals surface area contributed by atoms with Gasteiger partial charge in [0, 0.05) is 12.3 Å². The molecule has 5 rings (SSSR count). The molecule has 128 valence electrons. The molecule has 0 radical (unpaired) electrons. The van der Waals surface area contributed by atoms with E-state index in [4.69, 9.17) is 9.29 Å². The monoisotopic (exact) mass is 357 g/mol. The van der Waals surface area contributed by atoms with Crippen molar-refractivity contribution in [2.75, 3.05) is 25.4 Å². The number of fused-ring (bicyclic) bond motifs is 2. The highest BCUT2D eigenvalue weighted by Gasteiger charge is 2.51. The SMILES string of the molecule is C[C@@H]1O[C@@]2(CS1)CN1CCC2CC1.O=S(=O)(O)c1ccccc1. The quantitative estimate of drug-likeness (QED) is 0.779. The van der Waals surface area contributed by atoms with Crippen molar-refractivity contribution in [1.82, 2.24) is 4.90 Å². The summed E-state index contributed by atoms with van der Waals surface area (Å²) >= 11 is 1.99. The first kappa shape index (κ1) is 17.2. The summed E-state index contributed by atoms with van der Waals surface area (Å²) in [6, 6.07) is 7.42. The van der Waals surface area contributed by atoms with Gasteiger partial charge in [0.15, 0.2) is 0 Å². The van der Waals surface area contributed by atoms with E-state index < -0.39 is 10.1 Å². The average Bonchev–Trinajstić information content (AvgIpc) is 2.90. The summed E-state index contributed by atoms with van der Waals surface area (Å²) in [5.74, 6) is 2.09. The Bertz CT molecular complexity index is 629. The highest BCUT2D eigenvalue weighted by molar-refractivity contribution is 8.00. The van der Waals surface area contributed by atoms with Crippen molar-refractivity contribution in [3.05, 3.63) is 30.3 Å². The smallest absolute Gasteiger partial charge is 0.294 e. The molecule has 4 aliphatic rings. The Hall–Kier alpha value is -0.600. The molecule has 0 aliphatic carbocycles. The fourth-order valence-electron chi connectivity index (χ4n) is 3.67. The maximum Gasteiger partial charge on any atom is 0.294 e. The average molecular weight is 357 g/mol. The van der Waals surface area contributed by atoms with Crippen molar-refractivity contribution in [3.63, 3.8) is 0 Å². The van der Waals surface area contributed by atoms with Crippen LogP contribution in [-0.2, 0) is 14.9 Å². The number of benzene rings is 1. The Balaban J connectivity index is 0.000000142. The lowest BCUT2D eigenvalue weighted by molar-refractivity contribution is -0.133. The van der Waals surface area contributed by atoms with E-state index in [1.165, 1.54) is 50.4 Å². The van der Waals surface area contributed by atoms with Crippen molar-refractivity contribution >= 4 is 21.9 Å². The van der Waals surface area contributed by atoms with Gasteiger partial charge in [0.2, 0.25) is 0 Å². The zero-order chi connectivity index (χ0) is 16.5. The zero-order valence-electron chi connectivity index (χ0n) is 13.2. The molecule has 4 fully saturated rings. The molecule has 1 spiro atoms. The van der Waals surface area contributed by atoms with E-state index in [2.05, 4.69) is 11.8 Å². The standard InChI is InChI=1S/C10H17NOS.C6H6O3S/c1-8-12-10(7-13-8)6-11-4-2-9(10)3-5-11;7-10(8,9)6-4-2-1-3-5-6/h8-9H,2-7H2,1H3;1-5H,(H,7,8,9)/t8-,10-;/m1./s1. The van der Waals surface area contributed by atoms with E-state index in [0.717, 1.165) is 5.92 Å². The largest absolute Gasteiger partial charge is 0.359 e. The summed E-state index contributed by atoms with van der Waals surface area (Å²) in [5.41, 5.74) is 0.682. The first-order valence-electron chi connectivity index (χ1n) is 7.93. The van der Waals surface area contributed by atoms with E-state index in [0.29, 0.717) is 5.44 Å². The fourth-order valence-corrected chi connectivity index (χ4v) is 5.34. The molecule has 4 saturated heterocycles. The summed E-state index contributed by atoms with van der Waals surface area (Å²) in [6.45, 7) is 6.02. The maximum absolute atomic E-state index is 10.4. The Morgan fingerprint density at radius 2 is 1.91 bits per heavy atom. The van der Waals surface area contributed by atoms with Gasteiger partial charge >= 0.3 is 0 Å². The van der Waals surface area contributed by atoms with Crippen LogP contribution in [0.3, 0.4) is 0 Å². The molecule has 1 aromatic rings. The third-order valence-electron chi connectivity index (χ3n) is 4.83. The summed E-state index contributed by atoms with van der Waals surface area (Å²) in [5, 5.41) is 0. The highest BCUT2D eigenvalue weighted by Crippen LogP contribution is 2.46. The van der Waals surface area contributed by atoms with E-state index in [9.17, 15) is 8.42 Å². The lowest BCUT2D eigenvalue weighted by atomic mass is 9.76.